The van der Waals surface area contributed by atoms with Gasteiger partial charge in [0.05, 0.1) is 7.11 Å². The van der Waals surface area contributed by atoms with Gasteiger partial charge in [0, 0.05) is 34.6 Å². The van der Waals surface area contributed by atoms with Gasteiger partial charge in [0.2, 0.25) is 0 Å². The molecule has 2 heterocycles. The molecule has 0 amide bonds. The number of carboxylic acids is 2. The Morgan fingerprint density at radius 3 is 2.45 bits per heavy atom. The van der Waals surface area contributed by atoms with Gasteiger partial charge >= 0.3 is 11.9 Å². The number of carboxylic acid groups (broad SMARTS) is 2. The molecule has 1 saturated heterocycles. The maximum absolute atomic E-state index is 10.7. The zero-order chi connectivity index (χ0) is 28.8. The number of nitrogens with one attached hydrogen (secondary N) is 1. The van der Waals surface area contributed by atoms with Gasteiger partial charge in [-0.3, -0.25) is 4.90 Å². The summed E-state index contributed by atoms with van der Waals surface area (Å²) in [4.78, 5) is 23.9. The summed E-state index contributed by atoms with van der Waals surface area (Å²) < 4.78 is 11.6. The third-order valence-corrected chi connectivity index (χ3v) is 7.39. The average Bonchev–Trinajstić information content (AvgIpc) is 3.33. The number of methoxy groups -OCH3 is 1. The quantitative estimate of drug-likeness (QED) is 0.242. The number of β-amino-alcohol motifs (C(OH)–C–C–N with tert-alkyl or cyclic N) is 1. The Balaban J connectivity index is 0.000000557. The van der Waals surface area contributed by atoms with Gasteiger partial charge in [-0.1, -0.05) is 30.3 Å². The summed E-state index contributed by atoms with van der Waals surface area (Å²) in [6.45, 7) is 6.20. The molecule has 1 aliphatic rings. The van der Waals surface area contributed by atoms with Crippen molar-refractivity contribution < 1.29 is 34.4 Å². The van der Waals surface area contributed by atoms with Gasteiger partial charge in [-0.25, -0.2) is 9.59 Å². The molecular formula is C31H36N2O7. The third kappa shape index (κ3) is 6.91. The smallest absolute Gasteiger partial charge is 0.414 e. The zero-order valence-corrected chi connectivity index (χ0v) is 23.0. The van der Waals surface area contributed by atoms with Crippen LogP contribution in [0.25, 0.3) is 21.7 Å². The second-order valence-corrected chi connectivity index (χ2v) is 10.3. The van der Waals surface area contributed by atoms with E-state index < -0.39 is 18.0 Å². The van der Waals surface area contributed by atoms with E-state index in [9.17, 15) is 5.11 Å². The fraction of sp³-hybridized carbons (Fsp3) is 0.355. The molecule has 0 radical (unpaired) electrons. The van der Waals surface area contributed by atoms with Crippen LogP contribution < -0.4 is 9.47 Å². The number of likely N-dealkylation sites (tertiary alicyclic amines) is 1. The summed E-state index contributed by atoms with van der Waals surface area (Å²) in [5.74, 6) is -1.38. The highest BCUT2D eigenvalue weighted by molar-refractivity contribution is 6.27. The van der Waals surface area contributed by atoms with Gasteiger partial charge in [-0.05, 0) is 80.4 Å². The predicted molar refractivity (Wildman–Crippen MR) is 153 cm³/mol. The van der Waals surface area contributed by atoms with E-state index in [-0.39, 0.29) is 0 Å². The number of rotatable bonds is 7. The number of hydrogen-bond donors (Lipinski definition) is 4. The molecule has 0 spiro atoms. The maximum Gasteiger partial charge on any atom is 0.414 e. The second kappa shape index (κ2) is 12.8. The number of aryl methyl sites for hydroxylation is 1. The van der Waals surface area contributed by atoms with Crippen molar-refractivity contribution in [3.63, 3.8) is 0 Å². The van der Waals surface area contributed by atoms with Crippen molar-refractivity contribution in [2.75, 3.05) is 26.8 Å². The van der Waals surface area contributed by atoms with E-state index in [1.807, 2.05) is 37.3 Å². The first-order valence-electron chi connectivity index (χ1n) is 13.3. The SMILES string of the molecule is COc1cccc2ccc([C@@H]3CCN(C[C@H](O)COc4cccc5[nH]c(C)cc45)[C@H](C)C3)cc12.O=C(O)C(=O)O. The molecular weight excluding hydrogens is 512 g/mol. The number of ether oxygens (including phenoxy) is 2. The number of piperidine rings is 1. The fourth-order valence-electron chi connectivity index (χ4n) is 5.39. The van der Waals surface area contributed by atoms with E-state index in [0.717, 1.165) is 47.5 Å². The topological polar surface area (TPSA) is 132 Å². The lowest BCUT2D eigenvalue weighted by atomic mass is 9.85. The van der Waals surface area contributed by atoms with Crippen LogP contribution in [0, 0.1) is 6.92 Å². The first-order chi connectivity index (χ1) is 19.2. The molecule has 4 N–H and O–H groups in total. The van der Waals surface area contributed by atoms with Crippen LogP contribution in [0.4, 0.5) is 0 Å². The lowest BCUT2D eigenvalue weighted by Gasteiger charge is -2.39. The van der Waals surface area contributed by atoms with Crippen LogP contribution in [-0.4, -0.2) is 76.1 Å². The lowest BCUT2D eigenvalue weighted by molar-refractivity contribution is -0.159. The highest BCUT2D eigenvalue weighted by Gasteiger charge is 2.28. The van der Waals surface area contributed by atoms with E-state index in [0.29, 0.717) is 25.1 Å². The van der Waals surface area contributed by atoms with Crippen molar-refractivity contribution >= 4 is 33.6 Å². The number of fused-ring (bicyclic) bond motifs is 2. The Morgan fingerprint density at radius 1 is 1.02 bits per heavy atom. The molecule has 0 aliphatic carbocycles. The highest BCUT2D eigenvalue weighted by Crippen LogP contribution is 2.35. The van der Waals surface area contributed by atoms with Crippen molar-refractivity contribution in [2.45, 2.75) is 44.8 Å². The van der Waals surface area contributed by atoms with Crippen LogP contribution in [-0.2, 0) is 9.59 Å². The van der Waals surface area contributed by atoms with Gasteiger partial charge in [-0.2, -0.15) is 0 Å². The van der Waals surface area contributed by atoms with Gasteiger partial charge in [0.1, 0.15) is 24.2 Å². The number of nitrogens with zero attached hydrogens (tertiary/aromatic N) is 1. The third-order valence-electron chi connectivity index (χ3n) is 7.39. The van der Waals surface area contributed by atoms with Crippen LogP contribution in [0.2, 0.25) is 0 Å². The molecule has 1 aromatic heterocycles. The van der Waals surface area contributed by atoms with E-state index >= 15 is 0 Å². The minimum atomic E-state index is -1.82. The Hall–Kier alpha value is -4.08. The number of carbonyl (C=O) groups is 2. The normalized spacial score (nSPS) is 18.1. The van der Waals surface area contributed by atoms with Gasteiger partial charge in [-0.15, -0.1) is 0 Å². The standard InChI is InChI=1S/C29H34N2O3.C2H2O4/c1-19-14-26-27(30-19)7-5-9-29(26)34-18-24(32)17-31-13-12-23(15-20(31)2)22-11-10-21-6-4-8-28(33-3)25(21)16-22;3-1(4)2(5)6/h4-11,14,16,20,23-24,30,32H,12-13,15,17-18H2,1-3H3;(H,3,4)(H,5,6)/t20-,23-,24+;/m1./s1. The average molecular weight is 549 g/mol. The number of benzene rings is 3. The molecule has 1 aliphatic heterocycles. The molecule has 40 heavy (non-hydrogen) atoms. The molecule has 9 nitrogen and oxygen atoms in total. The molecule has 212 valence electrons. The van der Waals surface area contributed by atoms with Crippen molar-refractivity contribution in [1.29, 1.82) is 0 Å². The summed E-state index contributed by atoms with van der Waals surface area (Å²) in [6.07, 6.45) is 1.63. The monoisotopic (exact) mass is 548 g/mol. The van der Waals surface area contributed by atoms with Crippen molar-refractivity contribution in [3.8, 4) is 11.5 Å². The minimum absolute atomic E-state index is 0.292. The Morgan fingerprint density at radius 2 is 1.75 bits per heavy atom. The van der Waals surface area contributed by atoms with E-state index in [1.54, 1.807) is 7.11 Å². The van der Waals surface area contributed by atoms with E-state index in [4.69, 9.17) is 29.3 Å². The highest BCUT2D eigenvalue weighted by atomic mass is 16.5. The fourth-order valence-corrected chi connectivity index (χ4v) is 5.39. The Kier molecular flexibility index (Phi) is 9.29. The molecule has 0 bridgehead atoms. The summed E-state index contributed by atoms with van der Waals surface area (Å²) in [7, 11) is 1.73. The van der Waals surface area contributed by atoms with Gasteiger partial charge in [0.25, 0.3) is 0 Å². The number of H-pyrrole nitrogens is 1. The van der Waals surface area contributed by atoms with E-state index in [1.165, 1.54) is 16.3 Å². The minimum Gasteiger partial charge on any atom is -0.496 e. The molecule has 5 rings (SSSR count). The molecule has 3 atom stereocenters. The van der Waals surface area contributed by atoms with Crippen LogP contribution >= 0.6 is 0 Å². The number of aromatic nitrogens is 1. The zero-order valence-electron chi connectivity index (χ0n) is 23.0. The van der Waals surface area contributed by atoms with Crippen molar-refractivity contribution in [2.24, 2.45) is 0 Å². The number of aromatic amines is 1. The van der Waals surface area contributed by atoms with Crippen molar-refractivity contribution in [3.05, 3.63) is 71.9 Å². The number of aliphatic carboxylic acids is 2. The Bertz CT molecular complexity index is 1470. The van der Waals surface area contributed by atoms with Crippen molar-refractivity contribution in [1.82, 2.24) is 9.88 Å². The first-order valence-corrected chi connectivity index (χ1v) is 13.3. The lowest BCUT2D eigenvalue weighted by Crippen LogP contribution is -2.45. The van der Waals surface area contributed by atoms with Crippen LogP contribution in [0.15, 0.2) is 60.7 Å². The summed E-state index contributed by atoms with van der Waals surface area (Å²) in [5.41, 5.74) is 3.54. The second-order valence-electron chi connectivity index (χ2n) is 10.3. The predicted octanol–water partition coefficient (Wildman–Crippen LogP) is 4.80. The van der Waals surface area contributed by atoms with Crippen LogP contribution in [0.1, 0.15) is 36.9 Å². The van der Waals surface area contributed by atoms with Crippen LogP contribution in [0.5, 0.6) is 11.5 Å². The number of aliphatic hydroxyl groups is 1. The summed E-state index contributed by atoms with van der Waals surface area (Å²) in [6, 6.07) is 21.5. The number of aliphatic hydroxyl groups excluding tert-OH is 1. The van der Waals surface area contributed by atoms with Crippen LogP contribution in [0.3, 0.4) is 0 Å². The molecule has 0 unspecified atom stereocenters. The molecule has 3 aromatic carbocycles. The molecule has 9 heteroatoms. The largest absolute Gasteiger partial charge is 0.496 e. The molecule has 1 fully saturated rings. The van der Waals surface area contributed by atoms with Gasteiger partial charge in [0.15, 0.2) is 0 Å². The number of hydrogen-bond acceptors (Lipinski definition) is 6. The molecule has 0 saturated carbocycles. The molecule has 4 aromatic rings. The summed E-state index contributed by atoms with van der Waals surface area (Å²) >= 11 is 0. The maximum atomic E-state index is 10.7. The van der Waals surface area contributed by atoms with E-state index in [2.05, 4.69) is 47.1 Å². The Labute approximate surface area is 232 Å². The summed E-state index contributed by atoms with van der Waals surface area (Å²) in [5, 5.41) is 29.0. The first kappa shape index (κ1) is 28.9. The van der Waals surface area contributed by atoms with Gasteiger partial charge < -0.3 is 29.8 Å².